The van der Waals surface area contributed by atoms with Crippen LogP contribution in [0, 0.1) is 5.82 Å². The molecule has 1 aliphatic rings. The molecule has 1 unspecified atom stereocenters. The van der Waals surface area contributed by atoms with E-state index < -0.39 is 35.7 Å². The minimum absolute atomic E-state index is 0.244. The highest BCUT2D eigenvalue weighted by molar-refractivity contribution is 6.10. The highest BCUT2D eigenvalue weighted by Gasteiger charge is 2.51. The number of nitrogens with one attached hydrogen (secondary N) is 2. The zero-order valence-electron chi connectivity index (χ0n) is 16.8. The van der Waals surface area contributed by atoms with Crippen LogP contribution in [0.5, 0.6) is 11.5 Å². The fraction of sp³-hybridized carbons (Fsp3) is 0.286. The van der Waals surface area contributed by atoms with Crippen molar-refractivity contribution in [3.63, 3.8) is 0 Å². The lowest BCUT2D eigenvalue weighted by atomic mass is 9.87. The third kappa shape index (κ3) is 3.91. The van der Waals surface area contributed by atoms with Gasteiger partial charge in [0.1, 0.15) is 29.4 Å². The Morgan fingerprint density at radius 1 is 1.10 bits per heavy atom. The second kappa shape index (κ2) is 8.40. The summed E-state index contributed by atoms with van der Waals surface area (Å²) >= 11 is 0. The van der Waals surface area contributed by atoms with Gasteiger partial charge in [-0.15, -0.1) is 0 Å². The summed E-state index contributed by atoms with van der Waals surface area (Å²) in [4.78, 5) is 38.9. The molecule has 8 nitrogen and oxygen atoms in total. The topological polar surface area (TPSA) is 97.0 Å². The van der Waals surface area contributed by atoms with E-state index in [-0.39, 0.29) is 6.42 Å². The zero-order valence-corrected chi connectivity index (χ0v) is 16.8. The second-order valence-corrected chi connectivity index (χ2v) is 6.74. The monoisotopic (exact) mass is 415 g/mol. The van der Waals surface area contributed by atoms with Gasteiger partial charge in [0.25, 0.3) is 5.91 Å². The third-order valence-electron chi connectivity index (χ3n) is 4.98. The summed E-state index contributed by atoms with van der Waals surface area (Å²) in [6.45, 7) is 1.25. The first-order valence-electron chi connectivity index (χ1n) is 9.26. The molecule has 0 saturated carbocycles. The number of ether oxygens (including phenoxy) is 2. The number of hydrogen-bond acceptors (Lipinski definition) is 5. The maximum Gasteiger partial charge on any atom is 0.325 e. The fourth-order valence-corrected chi connectivity index (χ4v) is 3.37. The number of halogens is 1. The van der Waals surface area contributed by atoms with E-state index in [1.54, 1.807) is 25.1 Å². The Hall–Kier alpha value is -3.62. The first-order chi connectivity index (χ1) is 14.3. The predicted molar refractivity (Wildman–Crippen MR) is 107 cm³/mol. The van der Waals surface area contributed by atoms with E-state index in [0.717, 1.165) is 4.90 Å². The van der Waals surface area contributed by atoms with Crippen LogP contribution in [0.25, 0.3) is 0 Å². The van der Waals surface area contributed by atoms with Gasteiger partial charge in [-0.2, -0.15) is 0 Å². The molecule has 30 heavy (non-hydrogen) atoms. The van der Waals surface area contributed by atoms with Crippen LogP contribution in [0.1, 0.15) is 18.9 Å². The summed E-state index contributed by atoms with van der Waals surface area (Å²) in [7, 11) is 2.96. The summed E-state index contributed by atoms with van der Waals surface area (Å²) in [6, 6.07) is 9.46. The molecule has 3 rings (SSSR count). The second-order valence-electron chi connectivity index (χ2n) is 6.74. The standard InChI is InChI=1S/C21H22FN3O5/c1-4-21(13-5-7-14(22)8-6-13)19(27)25(20(28)24-21)12-18(26)23-15-9-16(29-2)11-17(10-15)30-3/h5-11H,4,12H2,1-3H3,(H,23,26)(H,24,28). The van der Waals surface area contributed by atoms with Crippen molar-refractivity contribution in [1.29, 1.82) is 0 Å². The van der Waals surface area contributed by atoms with E-state index >= 15 is 0 Å². The molecular weight excluding hydrogens is 393 g/mol. The molecule has 0 spiro atoms. The number of methoxy groups -OCH3 is 2. The van der Waals surface area contributed by atoms with Gasteiger partial charge in [0.2, 0.25) is 5.91 Å². The van der Waals surface area contributed by atoms with Crippen LogP contribution < -0.4 is 20.1 Å². The molecule has 0 bridgehead atoms. The molecule has 1 heterocycles. The normalized spacial score (nSPS) is 18.2. The molecule has 0 radical (unpaired) electrons. The van der Waals surface area contributed by atoms with Gasteiger partial charge in [-0.05, 0) is 24.1 Å². The summed E-state index contributed by atoms with van der Waals surface area (Å²) < 4.78 is 23.6. The van der Waals surface area contributed by atoms with E-state index in [1.807, 2.05) is 0 Å². The van der Waals surface area contributed by atoms with Crippen LogP contribution in [0.4, 0.5) is 14.9 Å². The third-order valence-corrected chi connectivity index (χ3v) is 4.98. The number of hydrogen-bond donors (Lipinski definition) is 2. The minimum Gasteiger partial charge on any atom is -0.497 e. The van der Waals surface area contributed by atoms with Crippen molar-refractivity contribution in [2.75, 3.05) is 26.1 Å². The molecule has 0 aromatic heterocycles. The predicted octanol–water partition coefficient (Wildman–Crippen LogP) is 2.64. The van der Waals surface area contributed by atoms with Crippen molar-refractivity contribution < 1.29 is 28.2 Å². The van der Waals surface area contributed by atoms with Gasteiger partial charge in [-0.3, -0.25) is 14.5 Å². The molecule has 2 aromatic rings. The quantitative estimate of drug-likeness (QED) is 0.678. The van der Waals surface area contributed by atoms with Gasteiger partial charge in [0.15, 0.2) is 0 Å². The maximum absolute atomic E-state index is 13.3. The Morgan fingerprint density at radius 3 is 2.23 bits per heavy atom. The van der Waals surface area contributed by atoms with Gasteiger partial charge >= 0.3 is 6.03 Å². The Bertz CT molecular complexity index is 957. The summed E-state index contributed by atoms with van der Waals surface area (Å²) in [6.07, 6.45) is 0.244. The Morgan fingerprint density at radius 2 is 1.70 bits per heavy atom. The Labute approximate surface area is 173 Å². The SMILES string of the molecule is CCC1(c2ccc(F)cc2)NC(=O)N(CC(=O)Nc2cc(OC)cc(OC)c2)C1=O. The Kier molecular flexibility index (Phi) is 5.91. The number of imide groups is 1. The van der Waals surface area contributed by atoms with Gasteiger partial charge in [0, 0.05) is 23.9 Å². The van der Waals surface area contributed by atoms with Crippen LogP contribution in [0.15, 0.2) is 42.5 Å². The Balaban J connectivity index is 1.78. The minimum atomic E-state index is -1.34. The maximum atomic E-state index is 13.3. The van der Waals surface area contributed by atoms with E-state index in [2.05, 4.69) is 10.6 Å². The zero-order chi connectivity index (χ0) is 21.9. The lowest BCUT2D eigenvalue weighted by Gasteiger charge is -2.25. The lowest BCUT2D eigenvalue weighted by molar-refractivity contribution is -0.134. The van der Waals surface area contributed by atoms with Crippen molar-refractivity contribution in [2.24, 2.45) is 0 Å². The number of urea groups is 1. The first kappa shape index (κ1) is 21.1. The number of rotatable bonds is 7. The average Bonchev–Trinajstić information content (AvgIpc) is 2.98. The van der Waals surface area contributed by atoms with Crippen LogP contribution in [0.3, 0.4) is 0 Å². The molecule has 0 aliphatic carbocycles. The number of nitrogens with zero attached hydrogens (tertiary/aromatic N) is 1. The van der Waals surface area contributed by atoms with Gasteiger partial charge in [-0.1, -0.05) is 19.1 Å². The first-order valence-corrected chi connectivity index (χ1v) is 9.26. The van der Waals surface area contributed by atoms with Crippen molar-refractivity contribution in [3.05, 3.63) is 53.8 Å². The molecule has 4 amide bonds. The largest absolute Gasteiger partial charge is 0.497 e. The van der Waals surface area contributed by atoms with Crippen molar-refractivity contribution in [2.45, 2.75) is 18.9 Å². The fourth-order valence-electron chi connectivity index (χ4n) is 3.37. The van der Waals surface area contributed by atoms with Crippen molar-refractivity contribution >= 4 is 23.5 Å². The molecule has 2 aromatic carbocycles. The van der Waals surface area contributed by atoms with E-state index in [1.165, 1.54) is 38.5 Å². The average molecular weight is 415 g/mol. The molecule has 1 atom stereocenters. The van der Waals surface area contributed by atoms with Gasteiger partial charge in [0.05, 0.1) is 14.2 Å². The molecule has 158 valence electrons. The van der Waals surface area contributed by atoms with E-state index in [0.29, 0.717) is 22.7 Å². The molecule has 1 saturated heterocycles. The summed E-state index contributed by atoms with van der Waals surface area (Å²) in [5.74, 6) is -0.645. The molecule has 9 heteroatoms. The molecule has 1 aliphatic heterocycles. The highest BCUT2D eigenvalue weighted by atomic mass is 19.1. The van der Waals surface area contributed by atoms with Crippen LogP contribution in [-0.4, -0.2) is 43.5 Å². The van der Waals surface area contributed by atoms with E-state index in [4.69, 9.17) is 9.47 Å². The number of benzene rings is 2. The number of carbonyl (C=O) groups is 3. The number of amides is 4. The highest BCUT2D eigenvalue weighted by Crippen LogP contribution is 2.32. The van der Waals surface area contributed by atoms with Crippen molar-refractivity contribution in [1.82, 2.24) is 10.2 Å². The van der Waals surface area contributed by atoms with E-state index in [9.17, 15) is 18.8 Å². The number of anilines is 1. The molecular formula is C21H22FN3O5. The van der Waals surface area contributed by atoms with Crippen LogP contribution >= 0.6 is 0 Å². The summed E-state index contributed by atoms with van der Waals surface area (Å²) in [5, 5.41) is 5.28. The summed E-state index contributed by atoms with van der Waals surface area (Å²) in [5.41, 5.74) is -0.502. The number of carbonyl (C=O) groups excluding carboxylic acids is 3. The van der Waals surface area contributed by atoms with Crippen LogP contribution in [0.2, 0.25) is 0 Å². The van der Waals surface area contributed by atoms with Gasteiger partial charge in [-0.25, -0.2) is 9.18 Å². The molecule has 2 N–H and O–H groups in total. The van der Waals surface area contributed by atoms with Crippen molar-refractivity contribution in [3.8, 4) is 11.5 Å². The van der Waals surface area contributed by atoms with Gasteiger partial charge < -0.3 is 20.1 Å². The van der Waals surface area contributed by atoms with Crippen LogP contribution in [-0.2, 0) is 15.1 Å². The smallest absolute Gasteiger partial charge is 0.325 e. The molecule has 1 fully saturated rings. The lowest BCUT2D eigenvalue weighted by Crippen LogP contribution is -2.44.